The molecule has 0 amide bonds. The summed E-state index contributed by atoms with van der Waals surface area (Å²) in [6, 6.07) is 3.75. The van der Waals surface area contributed by atoms with E-state index in [9.17, 15) is 0 Å². The third-order valence-electron chi connectivity index (χ3n) is 2.51. The molecule has 0 radical (unpaired) electrons. The van der Waals surface area contributed by atoms with Gasteiger partial charge in [0.15, 0.2) is 0 Å². The van der Waals surface area contributed by atoms with Gasteiger partial charge < -0.3 is 15.2 Å². The Morgan fingerprint density at radius 2 is 2.19 bits per heavy atom. The van der Waals surface area contributed by atoms with Crippen LogP contribution in [0, 0.1) is 5.41 Å². The molecule has 0 spiro atoms. The maximum absolute atomic E-state index is 8.91. The van der Waals surface area contributed by atoms with E-state index in [1.54, 1.807) is 13.3 Å². The zero-order valence-corrected chi connectivity index (χ0v) is 10.2. The molecule has 0 aromatic carbocycles. The number of nitrogens with zero attached hydrogens (tertiary/aromatic N) is 1. The number of hydrogen-bond acceptors (Lipinski definition) is 4. The molecule has 1 aromatic heterocycles. The molecule has 0 unspecified atom stereocenters. The largest absolute Gasteiger partial charge is 0.495 e. The van der Waals surface area contributed by atoms with Crippen LogP contribution in [0.15, 0.2) is 18.3 Å². The van der Waals surface area contributed by atoms with Crippen LogP contribution in [-0.2, 0) is 0 Å². The summed E-state index contributed by atoms with van der Waals surface area (Å²) < 4.78 is 5.03. The number of aliphatic hydroxyl groups is 1. The topological polar surface area (TPSA) is 54.4 Å². The summed E-state index contributed by atoms with van der Waals surface area (Å²) in [5, 5.41) is 12.2. The van der Waals surface area contributed by atoms with Crippen LogP contribution in [0.5, 0.6) is 5.75 Å². The van der Waals surface area contributed by atoms with E-state index in [1.165, 1.54) is 0 Å². The smallest absolute Gasteiger partial charge is 0.137 e. The molecule has 1 aromatic rings. The summed E-state index contributed by atoms with van der Waals surface area (Å²) in [5.41, 5.74) is 0.0658. The molecule has 0 saturated carbocycles. The van der Waals surface area contributed by atoms with Crippen LogP contribution < -0.4 is 10.1 Å². The second kappa shape index (κ2) is 5.70. The number of ether oxygens (including phenoxy) is 1. The molecule has 0 aliphatic heterocycles. The van der Waals surface area contributed by atoms with E-state index in [1.807, 2.05) is 12.1 Å². The Hall–Kier alpha value is -1.29. The Kier molecular flexibility index (Phi) is 4.55. The molecule has 0 aliphatic rings. The van der Waals surface area contributed by atoms with Gasteiger partial charge in [0.1, 0.15) is 11.6 Å². The number of aromatic nitrogens is 1. The molecule has 0 bridgehead atoms. The van der Waals surface area contributed by atoms with Crippen molar-refractivity contribution in [3.05, 3.63) is 18.3 Å². The van der Waals surface area contributed by atoms with Gasteiger partial charge in [-0.25, -0.2) is 4.98 Å². The highest BCUT2D eigenvalue weighted by Gasteiger charge is 2.16. The van der Waals surface area contributed by atoms with Crippen molar-refractivity contribution < 1.29 is 9.84 Å². The fraction of sp³-hybridized carbons (Fsp3) is 0.583. The quantitative estimate of drug-likeness (QED) is 0.775. The van der Waals surface area contributed by atoms with Gasteiger partial charge in [0.2, 0.25) is 0 Å². The van der Waals surface area contributed by atoms with Crippen molar-refractivity contribution in [2.24, 2.45) is 5.41 Å². The molecule has 0 atom stereocenters. The van der Waals surface area contributed by atoms with Crippen molar-refractivity contribution in [1.29, 1.82) is 0 Å². The molecule has 2 N–H and O–H groups in total. The van der Waals surface area contributed by atoms with Gasteiger partial charge in [0.25, 0.3) is 0 Å². The van der Waals surface area contributed by atoms with E-state index in [2.05, 4.69) is 24.1 Å². The van der Waals surface area contributed by atoms with Gasteiger partial charge in [-0.2, -0.15) is 0 Å². The van der Waals surface area contributed by atoms with Crippen LogP contribution in [0.3, 0.4) is 0 Å². The van der Waals surface area contributed by atoms with Crippen molar-refractivity contribution in [3.63, 3.8) is 0 Å². The number of nitrogens with one attached hydrogen (secondary N) is 1. The Morgan fingerprint density at radius 3 is 2.69 bits per heavy atom. The van der Waals surface area contributed by atoms with E-state index in [-0.39, 0.29) is 12.0 Å². The first-order valence-corrected chi connectivity index (χ1v) is 5.42. The molecule has 16 heavy (non-hydrogen) atoms. The Bertz CT molecular complexity index is 309. The van der Waals surface area contributed by atoms with Crippen LogP contribution in [0.2, 0.25) is 0 Å². The monoisotopic (exact) mass is 224 g/mol. The van der Waals surface area contributed by atoms with Crippen LogP contribution in [0.25, 0.3) is 0 Å². The predicted molar refractivity (Wildman–Crippen MR) is 64.8 cm³/mol. The first-order chi connectivity index (χ1) is 7.57. The van der Waals surface area contributed by atoms with Gasteiger partial charge in [0, 0.05) is 13.2 Å². The first kappa shape index (κ1) is 12.8. The van der Waals surface area contributed by atoms with Crippen molar-refractivity contribution in [2.75, 3.05) is 25.6 Å². The summed E-state index contributed by atoms with van der Waals surface area (Å²) in [7, 11) is 1.62. The Labute approximate surface area is 96.7 Å². The summed E-state index contributed by atoms with van der Waals surface area (Å²) >= 11 is 0. The number of pyridine rings is 1. The molecular formula is C12H20N2O2. The highest BCUT2D eigenvalue weighted by molar-refractivity contribution is 5.37. The van der Waals surface area contributed by atoms with E-state index in [4.69, 9.17) is 9.84 Å². The molecule has 90 valence electrons. The third-order valence-corrected chi connectivity index (χ3v) is 2.51. The average Bonchev–Trinajstić information content (AvgIpc) is 2.27. The van der Waals surface area contributed by atoms with E-state index >= 15 is 0 Å². The maximum Gasteiger partial charge on any atom is 0.137 e. The van der Waals surface area contributed by atoms with Gasteiger partial charge in [-0.1, -0.05) is 13.8 Å². The molecule has 0 aliphatic carbocycles. The molecule has 0 fully saturated rings. The lowest BCUT2D eigenvalue weighted by atomic mass is 9.90. The van der Waals surface area contributed by atoms with Crippen molar-refractivity contribution in [2.45, 2.75) is 20.3 Å². The zero-order valence-electron chi connectivity index (χ0n) is 10.2. The fourth-order valence-electron chi connectivity index (χ4n) is 1.33. The van der Waals surface area contributed by atoms with Crippen LogP contribution >= 0.6 is 0 Å². The van der Waals surface area contributed by atoms with Gasteiger partial charge in [-0.3, -0.25) is 0 Å². The molecule has 1 heterocycles. The molecule has 0 saturated heterocycles. The predicted octanol–water partition coefficient (Wildman–Crippen LogP) is 1.91. The first-order valence-electron chi connectivity index (χ1n) is 5.42. The second-order valence-electron chi connectivity index (χ2n) is 4.57. The third kappa shape index (κ3) is 4.06. The fourth-order valence-corrected chi connectivity index (χ4v) is 1.33. The summed E-state index contributed by atoms with van der Waals surface area (Å²) in [4.78, 5) is 4.21. The molecular weight excluding hydrogens is 204 g/mol. The summed E-state index contributed by atoms with van der Waals surface area (Å²) in [5.74, 6) is 1.58. The molecule has 4 heteroatoms. The van der Waals surface area contributed by atoms with E-state index in [0.717, 1.165) is 24.5 Å². The van der Waals surface area contributed by atoms with Gasteiger partial charge in [0.05, 0.1) is 13.3 Å². The SMILES string of the molecule is COc1ccc(NCC(C)(C)CCO)nc1. The lowest BCUT2D eigenvalue weighted by Crippen LogP contribution is -2.24. The highest BCUT2D eigenvalue weighted by Crippen LogP contribution is 2.20. The summed E-state index contributed by atoms with van der Waals surface area (Å²) in [6.45, 7) is 5.22. The summed E-state index contributed by atoms with van der Waals surface area (Å²) in [6.07, 6.45) is 2.46. The second-order valence-corrected chi connectivity index (χ2v) is 4.57. The number of methoxy groups -OCH3 is 1. The van der Waals surface area contributed by atoms with Crippen molar-refractivity contribution in [3.8, 4) is 5.75 Å². The lowest BCUT2D eigenvalue weighted by molar-refractivity contribution is 0.220. The minimum Gasteiger partial charge on any atom is -0.495 e. The van der Waals surface area contributed by atoms with E-state index < -0.39 is 0 Å². The van der Waals surface area contributed by atoms with Gasteiger partial charge >= 0.3 is 0 Å². The van der Waals surface area contributed by atoms with Crippen LogP contribution in [0.1, 0.15) is 20.3 Å². The van der Waals surface area contributed by atoms with Gasteiger partial charge in [-0.05, 0) is 24.0 Å². The Balaban J connectivity index is 2.48. The van der Waals surface area contributed by atoms with Crippen LogP contribution in [-0.4, -0.2) is 30.4 Å². The normalized spacial score (nSPS) is 11.2. The number of hydrogen-bond donors (Lipinski definition) is 2. The van der Waals surface area contributed by atoms with E-state index in [0.29, 0.717) is 0 Å². The minimum absolute atomic E-state index is 0.0658. The number of rotatable bonds is 6. The van der Waals surface area contributed by atoms with Crippen molar-refractivity contribution >= 4 is 5.82 Å². The highest BCUT2D eigenvalue weighted by atomic mass is 16.5. The number of anilines is 1. The number of aliphatic hydroxyl groups excluding tert-OH is 1. The van der Waals surface area contributed by atoms with Crippen molar-refractivity contribution in [1.82, 2.24) is 4.98 Å². The zero-order chi connectivity index (χ0) is 12.0. The van der Waals surface area contributed by atoms with Gasteiger partial charge in [-0.15, -0.1) is 0 Å². The average molecular weight is 224 g/mol. The molecule has 4 nitrogen and oxygen atoms in total. The minimum atomic E-state index is 0.0658. The standard InChI is InChI=1S/C12H20N2O2/c1-12(2,6-7-15)9-14-11-5-4-10(16-3)8-13-11/h4-5,8,15H,6-7,9H2,1-3H3,(H,13,14). The van der Waals surface area contributed by atoms with Crippen LogP contribution in [0.4, 0.5) is 5.82 Å². The molecule has 1 rings (SSSR count). The maximum atomic E-state index is 8.91. The Morgan fingerprint density at radius 1 is 1.44 bits per heavy atom. The lowest BCUT2D eigenvalue weighted by Gasteiger charge is -2.24.